The summed E-state index contributed by atoms with van der Waals surface area (Å²) in [6.45, 7) is 5.10. The van der Waals surface area contributed by atoms with E-state index in [1.165, 1.54) is 44.9 Å². The van der Waals surface area contributed by atoms with Gasteiger partial charge in [-0.05, 0) is 31.1 Å². The van der Waals surface area contributed by atoms with E-state index in [4.69, 9.17) is 0 Å². The highest BCUT2D eigenvalue weighted by atomic mass is 16.2. The van der Waals surface area contributed by atoms with Gasteiger partial charge in [-0.1, -0.05) is 32.6 Å². The number of carbonyl (C=O) groups is 1. The third kappa shape index (κ3) is 3.62. The lowest BCUT2D eigenvalue weighted by molar-refractivity contribution is 0.196. The van der Waals surface area contributed by atoms with Crippen molar-refractivity contribution in [2.45, 2.75) is 51.9 Å². The van der Waals surface area contributed by atoms with E-state index in [-0.39, 0.29) is 6.03 Å². The van der Waals surface area contributed by atoms with Crippen LogP contribution in [0.4, 0.5) is 4.79 Å². The molecule has 98 valence electrons. The van der Waals surface area contributed by atoms with Crippen molar-refractivity contribution >= 4 is 6.03 Å². The molecule has 0 radical (unpaired) electrons. The Morgan fingerprint density at radius 3 is 2.41 bits per heavy atom. The minimum Gasteiger partial charge on any atom is -0.338 e. The van der Waals surface area contributed by atoms with Gasteiger partial charge in [0.25, 0.3) is 0 Å². The van der Waals surface area contributed by atoms with E-state index in [2.05, 4.69) is 12.2 Å². The van der Waals surface area contributed by atoms with Crippen LogP contribution >= 0.6 is 0 Å². The van der Waals surface area contributed by atoms with Crippen LogP contribution in [-0.4, -0.2) is 30.6 Å². The maximum absolute atomic E-state index is 12.0. The molecule has 2 amide bonds. The van der Waals surface area contributed by atoms with Crippen LogP contribution in [0.2, 0.25) is 0 Å². The zero-order valence-electron chi connectivity index (χ0n) is 11.1. The third-order valence-corrected chi connectivity index (χ3v) is 4.45. The molecule has 2 fully saturated rings. The zero-order valence-corrected chi connectivity index (χ0v) is 11.1. The van der Waals surface area contributed by atoms with Gasteiger partial charge in [0.05, 0.1) is 0 Å². The second kappa shape index (κ2) is 6.27. The van der Waals surface area contributed by atoms with E-state index < -0.39 is 0 Å². The summed E-state index contributed by atoms with van der Waals surface area (Å²) in [5.41, 5.74) is 0. The molecule has 0 aromatic carbocycles. The van der Waals surface area contributed by atoms with Crippen molar-refractivity contribution in [2.24, 2.45) is 11.8 Å². The summed E-state index contributed by atoms with van der Waals surface area (Å²) in [6, 6.07) is 0.172. The van der Waals surface area contributed by atoms with Crippen LogP contribution in [0.5, 0.6) is 0 Å². The van der Waals surface area contributed by atoms with Crippen molar-refractivity contribution in [1.29, 1.82) is 0 Å². The van der Waals surface area contributed by atoms with Gasteiger partial charge in [0.1, 0.15) is 0 Å². The molecule has 1 saturated carbocycles. The van der Waals surface area contributed by atoms with Crippen molar-refractivity contribution in [2.75, 3.05) is 19.6 Å². The molecule has 1 heterocycles. The predicted molar refractivity (Wildman–Crippen MR) is 69.9 cm³/mol. The van der Waals surface area contributed by atoms with Crippen molar-refractivity contribution in [3.63, 3.8) is 0 Å². The highest BCUT2D eigenvalue weighted by molar-refractivity contribution is 5.74. The Bertz CT molecular complexity index is 247. The van der Waals surface area contributed by atoms with E-state index >= 15 is 0 Å². The average Bonchev–Trinajstić information content (AvgIpc) is 2.58. The molecule has 0 aromatic heterocycles. The van der Waals surface area contributed by atoms with Gasteiger partial charge in [-0.3, -0.25) is 0 Å². The van der Waals surface area contributed by atoms with Gasteiger partial charge >= 0.3 is 6.03 Å². The van der Waals surface area contributed by atoms with Crippen LogP contribution in [0.25, 0.3) is 0 Å². The quantitative estimate of drug-likeness (QED) is 0.788. The van der Waals surface area contributed by atoms with Gasteiger partial charge in [0, 0.05) is 19.6 Å². The monoisotopic (exact) mass is 238 g/mol. The highest BCUT2D eigenvalue weighted by Gasteiger charge is 2.24. The molecule has 2 unspecified atom stereocenters. The summed E-state index contributed by atoms with van der Waals surface area (Å²) in [5.74, 6) is 1.50. The van der Waals surface area contributed by atoms with Crippen LogP contribution in [0.3, 0.4) is 0 Å². The molecule has 0 aromatic rings. The fourth-order valence-electron chi connectivity index (χ4n) is 3.13. The molecule has 0 bridgehead atoms. The molecule has 2 atom stereocenters. The normalized spacial score (nSPS) is 30.1. The number of nitrogens with one attached hydrogen (secondary N) is 1. The van der Waals surface area contributed by atoms with E-state index in [1.807, 2.05) is 4.90 Å². The van der Waals surface area contributed by atoms with Crippen LogP contribution in [-0.2, 0) is 0 Å². The van der Waals surface area contributed by atoms with Crippen LogP contribution < -0.4 is 5.32 Å². The van der Waals surface area contributed by atoms with Gasteiger partial charge in [-0.2, -0.15) is 0 Å². The third-order valence-electron chi connectivity index (χ3n) is 4.45. The van der Waals surface area contributed by atoms with E-state index in [9.17, 15) is 4.79 Å². The number of hydrogen-bond donors (Lipinski definition) is 1. The van der Waals surface area contributed by atoms with Crippen LogP contribution in [0.15, 0.2) is 0 Å². The van der Waals surface area contributed by atoms with Crippen molar-refractivity contribution in [1.82, 2.24) is 10.2 Å². The first kappa shape index (κ1) is 12.7. The summed E-state index contributed by atoms with van der Waals surface area (Å²) in [4.78, 5) is 14.0. The Morgan fingerprint density at radius 2 is 1.82 bits per heavy atom. The predicted octanol–water partition coefficient (Wildman–Crippen LogP) is 3.01. The summed E-state index contributed by atoms with van der Waals surface area (Å²) in [5, 5.41) is 3.14. The number of nitrogens with zero attached hydrogens (tertiary/aromatic N) is 1. The van der Waals surface area contributed by atoms with Crippen LogP contribution in [0, 0.1) is 11.8 Å². The standard InChI is InChI=1S/C14H26N2O/c1-12-7-6-8-13(12)11-15-14(17)16-9-4-2-3-5-10-16/h12-13H,2-11H2,1H3,(H,15,17). The Kier molecular flexibility index (Phi) is 4.69. The highest BCUT2D eigenvalue weighted by Crippen LogP contribution is 2.30. The zero-order chi connectivity index (χ0) is 12.1. The lowest BCUT2D eigenvalue weighted by Crippen LogP contribution is -2.42. The van der Waals surface area contributed by atoms with Gasteiger partial charge in [-0.25, -0.2) is 4.79 Å². The van der Waals surface area contributed by atoms with Crippen molar-refractivity contribution < 1.29 is 4.79 Å². The van der Waals surface area contributed by atoms with Gasteiger partial charge in [-0.15, -0.1) is 0 Å². The molecule has 2 aliphatic rings. The summed E-state index contributed by atoms with van der Waals surface area (Å²) in [6.07, 6.45) is 8.88. The number of amides is 2. The minimum absolute atomic E-state index is 0.172. The molecule has 1 saturated heterocycles. The molecule has 0 spiro atoms. The Hall–Kier alpha value is -0.730. The molecule has 3 heteroatoms. The molecule has 1 N–H and O–H groups in total. The summed E-state index contributed by atoms with van der Waals surface area (Å²) >= 11 is 0. The number of rotatable bonds is 2. The molecule has 3 nitrogen and oxygen atoms in total. The minimum atomic E-state index is 0.172. The van der Waals surface area contributed by atoms with E-state index in [0.717, 1.165) is 25.6 Å². The Balaban J connectivity index is 1.72. The average molecular weight is 238 g/mol. The number of urea groups is 1. The second-order valence-electron chi connectivity index (χ2n) is 5.76. The molecule has 1 aliphatic carbocycles. The molecule has 2 rings (SSSR count). The van der Waals surface area contributed by atoms with Gasteiger partial charge in [0.2, 0.25) is 0 Å². The number of carbonyl (C=O) groups excluding carboxylic acids is 1. The van der Waals surface area contributed by atoms with Gasteiger partial charge in [0.15, 0.2) is 0 Å². The first-order valence-electron chi connectivity index (χ1n) is 7.30. The molecular weight excluding hydrogens is 212 g/mol. The fourth-order valence-corrected chi connectivity index (χ4v) is 3.13. The lowest BCUT2D eigenvalue weighted by atomic mass is 9.98. The second-order valence-corrected chi connectivity index (χ2v) is 5.76. The van der Waals surface area contributed by atoms with E-state index in [0.29, 0.717) is 5.92 Å². The van der Waals surface area contributed by atoms with Crippen LogP contribution in [0.1, 0.15) is 51.9 Å². The lowest BCUT2D eigenvalue weighted by Gasteiger charge is -2.23. The summed E-state index contributed by atoms with van der Waals surface area (Å²) < 4.78 is 0. The van der Waals surface area contributed by atoms with Crippen molar-refractivity contribution in [3.8, 4) is 0 Å². The van der Waals surface area contributed by atoms with Gasteiger partial charge < -0.3 is 10.2 Å². The molecule has 1 aliphatic heterocycles. The fraction of sp³-hybridized carbons (Fsp3) is 0.929. The maximum Gasteiger partial charge on any atom is 0.317 e. The molecule has 17 heavy (non-hydrogen) atoms. The topological polar surface area (TPSA) is 32.3 Å². The Labute approximate surface area is 105 Å². The largest absolute Gasteiger partial charge is 0.338 e. The SMILES string of the molecule is CC1CCCC1CNC(=O)N1CCCCCC1. The number of hydrogen-bond acceptors (Lipinski definition) is 1. The first-order valence-corrected chi connectivity index (χ1v) is 7.30. The summed E-state index contributed by atoms with van der Waals surface area (Å²) in [7, 11) is 0. The maximum atomic E-state index is 12.0. The first-order chi connectivity index (χ1) is 8.27. The molecular formula is C14H26N2O. The van der Waals surface area contributed by atoms with E-state index in [1.54, 1.807) is 0 Å². The number of likely N-dealkylation sites (tertiary alicyclic amines) is 1. The Morgan fingerprint density at radius 1 is 1.12 bits per heavy atom. The smallest absolute Gasteiger partial charge is 0.317 e. The van der Waals surface area contributed by atoms with Crippen molar-refractivity contribution in [3.05, 3.63) is 0 Å².